The maximum absolute atomic E-state index is 12.9. The van der Waals surface area contributed by atoms with E-state index < -0.39 is 0 Å². The van der Waals surface area contributed by atoms with E-state index in [0.717, 1.165) is 38.3 Å². The molecular formula is C15H21FN2O2. The number of carbonyl (C=O) groups excluding carboxylic acids is 1. The highest BCUT2D eigenvalue weighted by Crippen LogP contribution is 2.18. The quantitative estimate of drug-likeness (QED) is 0.789. The molecule has 0 spiro atoms. The van der Waals surface area contributed by atoms with Crippen molar-refractivity contribution in [3.8, 4) is 0 Å². The highest BCUT2D eigenvalue weighted by Gasteiger charge is 2.28. The zero-order valence-electron chi connectivity index (χ0n) is 12.0. The van der Waals surface area contributed by atoms with Crippen LogP contribution in [0.5, 0.6) is 0 Å². The van der Waals surface area contributed by atoms with E-state index in [9.17, 15) is 9.18 Å². The number of hydrogen-bond donors (Lipinski definition) is 0. The van der Waals surface area contributed by atoms with Crippen LogP contribution in [0.2, 0.25) is 0 Å². The van der Waals surface area contributed by atoms with Gasteiger partial charge in [-0.3, -0.25) is 9.69 Å². The number of hydrogen-bond acceptors (Lipinski definition) is 4. The summed E-state index contributed by atoms with van der Waals surface area (Å²) in [5, 5.41) is 0. The lowest BCUT2D eigenvalue weighted by Crippen LogP contribution is -2.52. The van der Waals surface area contributed by atoms with Crippen molar-refractivity contribution >= 4 is 11.7 Å². The minimum atomic E-state index is -0.218. The standard InChI is InChI=1S/C15H21FN2O2/c1-3-14(15(19)20-2)18-10-8-17(9-11-18)13-6-4-12(16)5-7-13/h4-7,14H,3,8-11H2,1-2H3. The molecule has 20 heavy (non-hydrogen) atoms. The summed E-state index contributed by atoms with van der Waals surface area (Å²) in [6.07, 6.45) is 0.753. The van der Waals surface area contributed by atoms with Gasteiger partial charge in [-0.25, -0.2) is 4.39 Å². The van der Waals surface area contributed by atoms with Crippen LogP contribution < -0.4 is 4.90 Å². The number of esters is 1. The second kappa shape index (κ2) is 6.70. The predicted molar refractivity (Wildman–Crippen MR) is 76.3 cm³/mol. The molecule has 1 aliphatic heterocycles. The summed E-state index contributed by atoms with van der Waals surface area (Å²) >= 11 is 0. The molecule has 1 atom stereocenters. The molecule has 1 saturated heterocycles. The molecule has 1 aromatic carbocycles. The maximum atomic E-state index is 12.9. The second-order valence-electron chi connectivity index (χ2n) is 4.95. The first-order valence-corrected chi connectivity index (χ1v) is 6.98. The lowest BCUT2D eigenvalue weighted by atomic mass is 10.1. The molecule has 1 heterocycles. The van der Waals surface area contributed by atoms with Gasteiger partial charge in [0.1, 0.15) is 11.9 Å². The summed E-state index contributed by atoms with van der Waals surface area (Å²) in [7, 11) is 1.43. The number of carbonyl (C=O) groups is 1. The van der Waals surface area contributed by atoms with E-state index in [-0.39, 0.29) is 17.8 Å². The number of rotatable bonds is 4. The molecule has 1 fully saturated rings. The monoisotopic (exact) mass is 280 g/mol. The Hall–Kier alpha value is -1.62. The number of halogens is 1. The Bertz CT molecular complexity index is 442. The normalized spacial score (nSPS) is 17.9. The van der Waals surface area contributed by atoms with Crippen molar-refractivity contribution in [1.82, 2.24) is 4.90 Å². The Kier molecular flexibility index (Phi) is 4.95. The first kappa shape index (κ1) is 14.8. The van der Waals surface area contributed by atoms with E-state index in [1.165, 1.54) is 19.2 Å². The highest BCUT2D eigenvalue weighted by molar-refractivity contribution is 5.75. The van der Waals surface area contributed by atoms with Gasteiger partial charge in [0.25, 0.3) is 0 Å². The third-order valence-electron chi connectivity index (χ3n) is 3.81. The number of ether oxygens (including phenoxy) is 1. The van der Waals surface area contributed by atoms with Gasteiger partial charge >= 0.3 is 5.97 Å². The van der Waals surface area contributed by atoms with Crippen LogP contribution in [0.1, 0.15) is 13.3 Å². The third-order valence-corrected chi connectivity index (χ3v) is 3.81. The van der Waals surface area contributed by atoms with Crippen LogP contribution in [0.15, 0.2) is 24.3 Å². The Morgan fingerprint density at radius 1 is 1.25 bits per heavy atom. The molecule has 5 heteroatoms. The van der Waals surface area contributed by atoms with Crippen LogP contribution >= 0.6 is 0 Å². The molecule has 1 aromatic rings. The number of methoxy groups -OCH3 is 1. The number of nitrogens with zero attached hydrogens (tertiary/aromatic N) is 2. The highest BCUT2D eigenvalue weighted by atomic mass is 19.1. The van der Waals surface area contributed by atoms with Crippen LogP contribution in [-0.4, -0.2) is 50.2 Å². The summed E-state index contributed by atoms with van der Waals surface area (Å²) in [6, 6.07) is 6.39. The summed E-state index contributed by atoms with van der Waals surface area (Å²) in [5.41, 5.74) is 1.03. The third kappa shape index (κ3) is 3.28. The minimum Gasteiger partial charge on any atom is -0.468 e. The summed E-state index contributed by atoms with van der Waals surface area (Å²) in [4.78, 5) is 16.1. The zero-order chi connectivity index (χ0) is 14.5. The van der Waals surface area contributed by atoms with E-state index in [1.807, 2.05) is 6.92 Å². The van der Waals surface area contributed by atoms with Crippen molar-refractivity contribution in [2.24, 2.45) is 0 Å². The van der Waals surface area contributed by atoms with Crippen LogP contribution in [0, 0.1) is 5.82 Å². The average Bonchev–Trinajstić information content (AvgIpc) is 2.49. The fourth-order valence-corrected chi connectivity index (χ4v) is 2.65. The van der Waals surface area contributed by atoms with Crippen LogP contribution in [-0.2, 0) is 9.53 Å². The van der Waals surface area contributed by atoms with Crippen molar-refractivity contribution in [2.75, 3.05) is 38.2 Å². The van der Waals surface area contributed by atoms with Crippen molar-refractivity contribution < 1.29 is 13.9 Å². The van der Waals surface area contributed by atoms with Gasteiger partial charge in [0.05, 0.1) is 7.11 Å². The van der Waals surface area contributed by atoms with Crippen molar-refractivity contribution in [3.63, 3.8) is 0 Å². The fraction of sp³-hybridized carbons (Fsp3) is 0.533. The van der Waals surface area contributed by atoms with Gasteiger partial charge in [-0.15, -0.1) is 0 Å². The molecule has 1 unspecified atom stereocenters. The molecule has 0 N–H and O–H groups in total. The number of benzene rings is 1. The molecule has 0 bridgehead atoms. The maximum Gasteiger partial charge on any atom is 0.323 e. The second-order valence-corrected chi connectivity index (χ2v) is 4.95. The average molecular weight is 280 g/mol. The van der Waals surface area contributed by atoms with Gasteiger partial charge in [0.15, 0.2) is 0 Å². The Morgan fingerprint density at radius 3 is 2.35 bits per heavy atom. The lowest BCUT2D eigenvalue weighted by molar-refractivity contribution is -0.147. The Labute approximate surface area is 119 Å². The van der Waals surface area contributed by atoms with Crippen molar-refractivity contribution in [3.05, 3.63) is 30.1 Å². The molecule has 0 radical (unpaired) electrons. The van der Waals surface area contributed by atoms with Gasteiger partial charge in [-0.2, -0.15) is 0 Å². The predicted octanol–water partition coefficient (Wildman–Crippen LogP) is 1.90. The minimum absolute atomic E-state index is 0.157. The molecule has 2 rings (SSSR count). The number of piperazine rings is 1. The molecule has 0 amide bonds. The molecule has 0 saturated carbocycles. The number of anilines is 1. The molecule has 1 aliphatic rings. The molecule has 4 nitrogen and oxygen atoms in total. The zero-order valence-corrected chi connectivity index (χ0v) is 12.0. The molecular weight excluding hydrogens is 259 g/mol. The fourth-order valence-electron chi connectivity index (χ4n) is 2.65. The van der Waals surface area contributed by atoms with Crippen LogP contribution in [0.4, 0.5) is 10.1 Å². The largest absolute Gasteiger partial charge is 0.468 e. The summed E-state index contributed by atoms with van der Waals surface area (Å²) in [6.45, 7) is 5.28. The molecule has 110 valence electrons. The van der Waals surface area contributed by atoms with E-state index >= 15 is 0 Å². The lowest BCUT2D eigenvalue weighted by Gasteiger charge is -2.38. The first-order chi connectivity index (χ1) is 9.65. The summed E-state index contributed by atoms with van der Waals surface area (Å²) < 4.78 is 17.8. The SMILES string of the molecule is CCC(C(=O)OC)N1CCN(c2ccc(F)cc2)CC1. The topological polar surface area (TPSA) is 32.8 Å². The Balaban J connectivity index is 1.94. The smallest absolute Gasteiger partial charge is 0.323 e. The summed E-state index contributed by atoms with van der Waals surface area (Å²) in [5.74, 6) is -0.383. The van der Waals surface area contributed by atoms with Gasteiger partial charge < -0.3 is 9.64 Å². The van der Waals surface area contributed by atoms with E-state index in [4.69, 9.17) is 4.74 Å². The molecule has 0 aliphatic carbocycles. The van der Waals surface area contributed by atoms with E-state index in [1.54, 1.807) is 12.1 Å². The Morgan fingerprint density at radius 2 is 1.85 bits per heavy atom. The van der Waals surface area contributed by atoms with Crippen molar-refractivity contribution in [1.29, 1.82) is 0 Å². The van der Waals surface area contributed by atoms with E-state index in [0.29, 0.717) is 0 Å². The van der Waals surface area contributed by atoms with Gasteiger partial charge in [-0.1, -0.05) is 6.92 Å². The first-order valence-electron chi connectivity index (χ1n) is 6.98. The van der Waals surface area contributed by atoms with E-state index in [2.05, 4.69) is 9.80 Å². The van der Waals surface area contributed by atoms with Gasteiger partial charge in [0, 0.05) is 31.9 Å². The van der Waals surface area contributed by atoms with Crippen LogP contribution in [0.3, 0.4) is 0 Å². The van der Waals surface area contributed by atoms with Gasteiger partial charge in [0.2, 0.25) is 0 Å². The van der Waals surface area contributed by atoms with Gasteiger partial charge in [-0.05, 0) is 30.7 Å². The van der Waals surface area contributed by atoms with Crippen molar-refractivity contribution in [2.45, 2.75) is 19.4 Å². The van der Waals surface area contributed by atoms with Crippen LogP contribution in [0.25, 0.3) is 0 Å². The molecule has 0 aromatic heterocycles.